The number of para-hydroxylation sites is 1. The Hall–Kier alpha value is -1.12. The van der Waals surface area contributed by atoms with E-state index in [1.807, 2.05) is 31.2 Å². The van der Waals surface area contributed by atoms with E-state index < -0.39 is 10.0 Å². The second-order valence-corrected chi connectivity index (χ2v) is 7.36. The molecule has 2 aromatic carbocycles. The minimum absolute atomic E-state index is 0.276. The smallest absolute Gasteiger partial charge is 0.261 e. The molecule has 0 atom stereocenters. The van der Waals surface area contributed by atoms with Crippen molar-refractivity contribution in [2.75, 3.05) is 11.3 Å². The topological polar surface area (TPSA) is 58.2 Å². The monoisotopic (exact) mass is 416 g/mol. The Bertz CT molecular complexity index is 717. The van der Waals surface area contributed by atoms with Crippen LogP contribution in [0.15, 0.2) is 53.4 Å². The number of nitrogens with one attached hydrogen (secondary N) is 2. The third-order valence-electron chi connectivity index (χ3n) is 2.91. The van der Waals surface area contributed by atoms with E-state index in [4.69, 9.17) is 0 Å². The number of hydrogen-bond donors (Lipinski definition) is 2. The zero-order chi connectivity index (χ0) is 15.3. The van der Waals surface area contributed by atoms with Gasteiger partial charge in [-0.1, -0.05) is 31.2 Å². The summed E-state index contributed by atoms with van der Waals surface area (Å²) in [7, 11) is -3.57. The van der Waals surface area contributed by atoms with E-state index in [0.29, 0.717) is 12.2 Å². The lowest BCUT2D eigenvalue weighted by molar-refractivity contribution is 0.601. The van der Waals surface area contributed by atoms with Crippen LogP contribution in [0.25, 0.3) is 0 Å². The molecular formula is C15H17IN2O2S. The zero-order valence-electron chi connectivity index (χ0n) is 11.6. The molecule has 0 spiro atoms. The summed E-state index contributed by atoms with van der Waals surface area (Å²) < 4.78 is 28.4. The SMILES string of the molecule is CCNCc1cccc(S(=O)(=O)Nc2ccccc2I)c1. The Labute approximate surface area is 139 Å². The van der Waals surface area contributed by atoms with E-state index in [-0.39, 0.29) is 4.90 Å². The van der Waals surface area contributed by atoms with Gasteiger partial charge in [0.05, 0.1) is 10.6 Å². The Balaban J connectivity index is 2.25. The van der Waals surface area contributed by atoms with Gasteiger partial charge in [0.1, 0.15) is 0 Å². The molecule has 0 heterocycles. The first-order valence-electron chi connectivity index (χ1n) is 6.60. The lowest BCUT2D eigenvalue weighted by Gasteiger charge is -2.11. The number of benzene rings is 2. The lowest BCUT2D eigenvalue weighted by atomic mass is 10.2. The molecule has 0 aliphatic heterocycles. The predicted octanol–water partition coefficient (Wildman–Crippen LogP) is 3.20. The first-order chi connectivity index (χ1) is 10.0. The van der Waals surface area contributed by atoms with E-state index in [1.54, 1.807) is 24.3 Å². The molecule has 6 heteroatoms. The average molecular weight is 416 g/mol. The van der Waals surface area contributed by atoms with Crippen LogP contribution in [-0.4, -0.2) is 15.0 Å². The van der Waals surface area contributed by atoms with Gasteiger partial charge in [0, 0.05) is 10.1 Å². The molecule has 112 valence electrons. The van der Waals surface area contributed by atoms with E-state index in [1.165, 1.54) is 0 Å². The summed E-state index contributed by atoms with van der Waals surface area (Å²) in [6, 6.07) is 14.3. The Morgan fingerprint density at radius 3 is 2.57 bits per heavy atom. The van der Waals surface area contributed by atoms with Gasteiger partial charge in [-0.05, 0) is 59.0 Å². The fourth-order valence-electron chi connectivity index (χ4n) is 1.84. The molecule has 0 bridgehead atoms. The normalized spacial score (nSPS) is 11.3. The van der Waals surface area contributed by atoms with Gasteiger partial charge >= 0.3 is 0 Å². The molecule has 0 aliphatic carbocycles. The van der Waals surface area contributed by atoms with Gasteiger partial charge < -0.3 is 5.32 Å². The van der Waals surface area contributed by atoms with Gasteiger partial charge in [0.2, 0.25) is 0 Å². The molecule has 0 unspecified atom stereocenters. The maximum Gasteiger partial charge on any atom is 0.261 e. The van der Waals surface area contributed by atoms with Crippen molar-refractivity contribution >= 4 is 38.3 Å². The van der Waals surface area contributed by atoms with Crippen LogP contribution in [0.2, 0.25) is 0 Å². The molecule has 2 rings (SSSR count). The summed E-state index contributed by atoms with van der Waals surface area (Å²) in [6.45, 7) is 3.51. The molecule has 2 N–H and O–H groups in total. The fourth-order valence-corrected chi connectivity index (χ4v) is 3.69. The summed E-state index contributed by atoms with van der Waals surface area (Å²) in [5, 5.41) is 3.19. The Morgan fingerprint density at radius 1 is 1.10 bits per heavy atom. The van der Waals surface area contributed by atoms with Crippen molar-refractivity contribution in [3.8, 4) is 0 Å². The fraction of sp³-hybridized carbons (Fsp3) is 0.200. The third-order valence-corrected chi connectivity index (χ3v) is 5.21. The molecular weight excluding hydrogens is 399 g/mol. The number of hydrogen-bond acceptors (Lipinski definition) is 3. The van der Waals surface area contributed by atoms with E-state index in [9.17, 15) is 8.42 Å². The van der Waals surface area contributed by atoms with Gasteiger partial charge in [0.15, 0.2) is 0 Å². The summed E-state index contributed by atoms with van der Waals surface area (Å²) in [5.41, 5.74) is 1.54. The minimum Gasteiger partial charge on any atom is -0.313 e. The van der Waals surface area contributed by atoms with Crippen LogP contribution in [0.1, 0.15) is 12.5 Å². The summed E-state index contributed by atoms with van der Waals surface area (Å²) in [5.74, 6) is 0. The van der Waals surface area contributed by atoms with Crippen molar-refractivity contribution in [2.45, 2.75) is 18.4 Å². The molecule has 0 aromatic heterocycles. The van der Waals surface area contributed by atoms with Crippen LogP contribution in [0.3, 0.4) is 0 Å². The summed E-state index contributed by atoms with van der Waals surface area (Å²) in [6.07, 6.45) is 0. The predicted molar refractivity (Wildman–Crippen MR) is 93.8 cm³/mol. The maximum atomic E-state index is 12.4. The largest absolute Gasteiger partial charge is 0.313 e. The molecule has 0 saturated carbocycles. The first-order valence-corrected chi connectivity index (χ1v) is 9.16. The number of halogens is 1. The van der Waals surface area contributed by atoms with Crippen LogP contribution in [0, 0.1) is 3.57 Å². The van der Waals surface area contributed by atoms with Crippen molar-refractivity contribution in [3.05, 3.63) is 57.7 Å². The highest BCUT2D eigenvalue weighted by atomic mass is 127. The van der Waals surface area contributed by atoms with E-state index in [2.05, 4.69) is 32.6 Å². The maximum absolute atomic E-state index is 12.4. The van der Waals surface area contributed by atoms with Crippen molar-refractivity contribution in [3.63, 3.8) is 0 Å². The lowest BCUT2D eigenvalue weighted by Crippen LogP contribution is -2.15. The summed E-state index contributed by atoms with van der Waals surface area (Å²) in [4.78, 5) is 0.276. The molecule has 0 radical (unpaired) electrons. The Morgan fingerprint density at radius 2 is 1.86 bits per heavy atom. The molecule has 0 aliphatic rings. The average Bonchev–Trinajstić information content (AvgIpc) is 2.48. The highest BCUT2D eigenvalue weighted by molar-refractivity contribution is 14.1. The molecule has 0 amide bonds. The zero-order valence-corrected chi connectivity index (χ0v) is 14.6. The second-order valence-electron chi connectivity index (χ2n) is 4.51. The molecule has 0 saturated heterocycles. The van der Waals surface area contributed by atoms with Gasteiger partial charge in [-0.15, -0.1) is 0 Å². The Kier molecular flexibility index (Phi) is 5.60. The number of anilines is 1. The number of sulfonamides is 1. The van der Waals surface area contributed by atoms with Crippen LogP contribution < -0.4 is 10.0 Å². The molecule has 21 heavy (non-hydrogen) atoms. The highest BCUT2D eigenvalue weighted by Gasteiger charge is 2.15. The van der Waals surface area contributed by atoms with E-state index in [0.717, 1.165) is 15.7 Å². The highest BCUT2D eigenvalue weighted by Crippen LogP contribution is 2.21. The van der Waals surface area contributed by atoms with Crippen LogP contribution in [0.5, 0.6) is 0 Å². The van der Waals surface area contributed by atoms with Crippen molar-refractivity contribution < 1.29 is 8.42 Å². The van der Waals surface area contributed by atoms with Crippen LogP contribution in [0.4, 0.5) is 5.69 Å². The van der Waals surface area contributed by atoms with Crippen molar-refractivity contribution in [2.24, 2.45) is 0 Å². The molecule has 2 aromatic rings. The first kappa shape index (κ1) is 16.3. The minimum atomic E-state index is -3.57. The van der Waals surface area contributed by atoms with Gasteiger partial charge in [-0.2, -0.15) is 0 Å². The standard InChI is InChI=1S/C15H17IN2O2S/c1-2-17-11-12-6-5-7-13(10-12)21(19,20)18-15-9-4-3-8-14(15)16/h3-10,17-18H,2,11H2,1H3. The third kappa shape index (κ3) is 4.42. The van der Waals surface area contributed by atoms with Gasteiger partial charge in [-0.3, -0.25) is 4.72 Å². The van der Waals surface area contributed by atoms with Gasteiger partial charge in [0.25, 0.3) is 10.0 Å². The van der Waals surface area contributed by atoms with Crippen LogP contribution in [-0.2, 0) is 16.6 Å². The summed E-state index contributed by atoms with van der Waals surface area (Å²) >= 11 is 2.11. The van der Waals surface area contributed by atoms with Gasteiger partial charge in [-0.25, -0.2) is 8.42 Å². The van der Waals surface area contributed by atoms with E-state index >= 15 is 0 Å². The quantitative estimate of drug-likeness (QED) is 0.712. The van der Waals surface area contributed by atoms with Crippen LogP contribution >= 0.6 is 22.6 Å². The number of rotatable bonds is 6. The van der Waals surface area contributed by atoms with Crippen molar-refractivity contribution in [1.29, 1.82) is 0 Å². The molecule has 4 nitrogen and oxygen atoms in total. The second kappa shape index (κ2) is 7.24. The molecule has 0 fully saturated rings. The van der Waals surface area contributed by atoms with Crippen molar-refractivity contribution in [1.82, 2.24) is 5.32 Å².